The maximum atomic E-state index is 11.3. The molecule has 0 aromatic heterocycles. The first-order valence-corrected chi connectivity index (χ1v) is 4.90. The largest absolute Gasteiger partial charge is 0.462 e. The van der Waals surface area contributed by atoms with E-state index in [1.54, 1.807) is 31.2 Å². The smallest absolute Gasteiger partial charge is 0.338 e. The summed E-state index contributed by atoms with van der Waals surface area (Å²) in [5.41, 5.74) is 6.19. The first-order chi connectivity index (χ1) is 8.54. The molecule has 1 aromatic carbocycles. The molecule has 0 aliphatic rings. The number of carbonyl (C=O) groups excluding carboxylic acids is 1. The second-order valence-corrected chi connectivity index (χ2v) is 2.92. The summed E-state index contributed by atoms with van der Waals surface area (Å²) in [5, 5.41) is 17.5. The molecule has 0 saturated heterocycles. The molecule has 0 saturated carbocycles. The van der Waals surface area contributed by atoms with Gasteiger partial charge in [-0.2, -0.15) is 0 Å². The Morgan fingerprint density at radius 2 is 2.22 bits per heavy atom. The molecule has 5 N–H and O–H groups in total. The summed E-state index contributed by atoms with van der Waals surface area (Å²) < 4.78 is 4.84. The SMILES string of the molecule is CCOC(=O)c1cccc(NC(=N)N)c1.O=NO. The zero-order chi connectivity index (χ0) is 14.0. The highest BCUT2D eigenvalue weighted by molar-refractivity contribution is 5.94. The zero-order valence-electron chi connectivity index (χ0n) is 9.71. The number of nitrogens with zero attached hydrogens (tertiary/aromatic N) is 1. The third-order valence-corrected chi connectivity index (χ3v) is 1.65. The molecule has 0 radical (unpaired) electrons. The summed E-state index contributed by atoms with van der Waals surface area (Å²) in [5.74, 6) is -0.555. The molecule has 18 heavy (non-hydrogen) atoms. The second kappa shape index (κ2) is 8.50. The number of esters is 1. The standard InChI is InChI=1S/C10H13N3O2.HNO2/c1-2-15-9(14)7-4-3-5-8(6-7)13-10(11)12;2-1-3/h3-6H,2H2,1H3,(H4,11,12,13);(H,2,3). The van der Waals surface area contributed by atoms with Crippen molar-refractivity contribution in [3.05, 3.63) is 34.7 Å². The second-order valence-electron chi connectivity index (χ2n) is 2.92. The Morgan fingerprint density at radius 3 is 2.72 bits per heavy atom. The molecule has 0 heterocycles. The molecular formula is C10H14N4O4. The molecule has 0 unspecified atom stereocenters. The van der Waals surface area contributed by atoms with Crippen LogP contribution in [0.15, 0.2) is 29.6 Å². The van der Waals surface area contributed by atoms with E-state index in [0.717, 1.165) is 0 Å². The van der Waals surface area contributed by atoms with Crippen LogP contribution in [0.25, 0.3) is 0 Å². The van der Waals surface area contributed by atoms with Crippen LogP contribution in [0.5, 0.6) is 0 Å². The van der Waals surface area contributed by atoms with Gasteiger partial charge in [0.2, 0.25) is 0 Å². The summed E-state index contributed by atoms with van der Waals surface area (Å²) >= 11 is 0. The molecule has 0 aliphatic heterocycles. The molecular weight excluding hydrogens is 240 g/mol. The number of carbonyl (C=O) groups is 1. The number of guanidine groups is 1. The third kappa shape index (κ3) is 6.05. The summed E-state index contributed by atoms with van der Waals surface area (Å²) in [6.07, 6.45) is 0. The van der Waals surface area contributed by atoms with Crippen molar-refractivity contribution in [2.45, 2.75) is 6.92 Å². The van der Waals surface area contributed by atoms with Gasteiger partial charge in [0.1, 0.15) is 0 Å². The fraction of sp³-hybridized carbons (Fsp3) is 0.200. The number of hydrogen-bond donors (Lipinski definition) is 4. The van der Waals surface area contributed by atoms with Crippen molar-refractivity contribution in [1.82, 2.24) is 0 Å². The average Bonchev–Trinajstić information content (AvgIpc) is 2.30. The molecule has 1 rings (SSSR count). The molecule has 0 fully saturated rings. The van der Waals surface area contributed by atoms with Crippen LogP contribution in [0, 0.1) is 10.3 Å². The van der Waals surface area contributed by atoms with Gasteiger partial charge in [0.05, 0.1) is 12.2 Å². The van der Waals surface area contributed by atoms with Crippen LogP contribution in [0.4, 0.5) is 5.69 Å². The third-order valence-electron chi connectivity index (χ3n) is 1.65. The lowest BCUT2D eigenvalue weighted by atomic mass is 10.2. The summed E-state index contributed by atoms with van der Waals surface area (Å²) in [6, 6.07) is 6.63. The van der Waals surface area contributed by atoms with Gasteiger partial charge >= 0.3 is 5.97 Å². The van der Waals surface area contributed by atoms with Crippen LogP contribution in [-0.4, -0.2) is 23.7 Å². The van der Waals surface area contributed by atoms with Gasteiger partial charge < -0.3 is 21.0 Å². The van der Waals surface area contributed by atoms with E-state index in [0.29, 0.717) is 17.9 Å². The van der Waals surface area contributed by atoms with Crippen LogP contribution in [0.2, 0.25) is 0 Å². The topological polar surface area (TPSA) is 138 Å². The zero-order valence-corrected chi connectivity index (χ0v) is 9.71. The lowest BCUT2D eigenvalue weighted by molar-refractivity contribution is 0.0526. The number of nitrogens with one attached hydrogen (secondary N) is 2. The van der Waals surface area contributed by atoms with Gasteiger partial charge in [0.25, 0.3) is 0 Å². The fourth-order valence-electron chi connectivity index (χ4n) is 1.09. The van der Waals surface area contributed by atoms with Crippen LogP contribution >= 0.6 is 0 Å². The Bertz CT molecular complexity index is 422. The van der Waals surface area contributed by atoms with Gasteiger partial charge in [0, 0.05) is 5.69 Å². The van der Waals surface area contributed by atoms with Gasteiger partial charge in [-0.05, 0) is 25.1 Å². The van der Waals surface area contributed by atoms with Gasteiger partial charge in [-0.15, -0.1) is 4.91 Å². The fourth-order valence-corrected chi connectivity index (χ4v) is 1.09. The summed E-state index contributed by atoms with van der Waals surface area (Å²) in [7, 11) is 0. The number of rotatable bonds is 3. The van der Waals surface area contributed by atoms with Crippen molar-refractivity contribution in [2.24, 2.45) is 11.1 Å². The molecule has 0 spiro atoms. The number of ether oxygens (including phenoxy) is 1. The molecule has 0 atom stereocenters. The Kier molecular flexibility index (Phi) is 7.26. The predicted molar refractivity (Wildman–Crippen MR) is 65.5 cm³/mol. The number of anilines is 1. The summed E-state index contributed by atoms with van der Waals surface area (Å²) in [4.78, 5) is 19.5. The van der Waals surface area contributed by atoms with E-state index in [9.17, 15) is 4.79 Å². The molecule has 0 amide bonds. The van der Waals surface area contributed by atoms with E-state index in [1.807, 2.05) is 0 Å². The Hall–Kier alpha value is -2.64. The lowest BCUT2D eigenvalue weighted by Crippen LogP contribution is -2.20. The summed E-state index contributed by atoms with van der Waals surface area (Å²) in [6.45, 7) is 2.08. The molecule has 8 heteroatoms. The maximum absolute atomic E-state index is 11.3. The number of benzene rings is 1. The van der Waals surface area contributed by atoms with Crippen LogP contribution in [-0.2, 0) is 4.74 Å². The van der Waals surface area contributed by atoms with E-state index in [4.69, 9.17) is 26.0 Å². The maximum Gasteiger partial charge on any atom is 0.338 e. The minimum absolute atomic E-state index is 0.170. The normalized spacial score (nSPS) is 8.50. The lowest BCUT2D eigenvalue weighted by Gasteiger charge is -2.05. The van der Waals surface area contributed by atoms with E-state index in [1.165, 1.54) is 5.34 Å². The first-order valence-electron chi connectivity index (χ1n) is 4.90. The highest BCUT2D eigenvalue weighted by Crippen LogP contribution is 2.11. The van der Waals surface area contributed by atoms with Crippen LogP contribution in [0.3, 0.4) is 0 Å². The Labute approximate surface area is 103 Å². The van der Waals surface area contributed by atoms with Crippen molar-refractivity contribution >= 4 is 17.6 Å². The van der Waals surface area contributed by atoms with Crippen molar-refractivity contribution < 1.29 is 14.7 Å². The van der Waals surface area contributed by atoms with Crippen molar-refractivity contribution in [3.63, 3.8) is 0 Å². The number of nitrogens with two attached hydrogens (primary N) is 1. The van der Waals surface area contributed by atoms with E-state index >= 15 is 0 Å². The predicted octanol–water partition coefficient (Wildman–Crippen LogP) is 1.31. The van der Waals surface area contributed by atoms with E-state index in [2.05, 4.69) is 5.32 Å². The molecule has 0 aliphatic carbocycles. The monoisotopic (exact) mass is 254 g/mol. The van der Waals surface area contributed by atoms with E-state index < -0.39 is 0 Å². The van der Waals surface area contributed by atoms with Gasteiger partial charge in [-0.25, -0.2) is 4.79 Å². The highest BCUT2D eigenvalue weighted by atomic mass is 16.6. The molecule has 0 bridgehead atoms. The van der Waals surface area contributed by atoms with Crippen LogP contribution < -0.4 is 11.1 Å². The quantitative estimate of drug-likeness (QED) is 0.211. The van der Waals surface area contributed by atoms with Gasteiger partial charge in [-0.1, -0.05) is 6.07 Å². The Morgan fingerprint density at radius 1 is 1.61 bits per heavy atom. The molecule has 8 nitrogen and oxygen atoms in total. The molecule has 98 valence electrons. The minimum atomic E-state index is -0.385. The van der Waals surface area contributed by atoms with Crippen molar-refractivity contribution in [3.8, 4) is 0 Å². The van der Waals surface area contributed by atoms with Crippen molar-refractivity contribution in [1.29, 1.82) is 5.41 Å². The van der Waals surface area contributed by atoms with Crippen molar-refractivity contribution in [2.75, 3.05) is 11.9 Å². The van der Waals surface area contributed by atoms with Crippen LogP contribution in [0.1, 0.15) is 17.3 Å². The number of hydrogen-bond acceptors (Lipinski definition) is 5. The highest BCUT2D eigenvalue weighted by Gasteiger charge is 2.06. The van der Waals surface area contributed by atoms with Gasteiger partial charge in [-0.3, -0.25) is 5.41 Å². The van der Waals surface area contributed by atoms with Gasteiger partial charge in [0.15, 0.2) is 11.3 Å². The molecule has 1 aromatic rings. The average molecular weight is 254 g/mol. The van der Waals surface area contributed by atoms with E-state index in [-0.39, 0.29) is 11.9 Å². The Balaban J connectivity index is 0.000000873. The minimum Gasteiger partial charge on any atom is -0.462 e. The first kappa shape index (κ1) is 15.4.